The smallest absolute Gasteiger partial charge is 0.255 e. The van der Waals surface area contributed by atoms with Gasteiger partial charge in [-0.3, -0.25) is 14.5 Å². The van der Waals surface area contributed by atoms with E-state index in [9.17, 15) is 18.0 Å². The lowest BCUT2D eigenvalue weighted by molar-refractivity contribution is -0.114. The van der Waals surface area contributed by atoms with Crippen LogP contribution in [0.1, 0.15) is 29.8 Å². The molecule has 9 heteroatoms. The van der Waals surface area contributed by atoms with Crippen molar-refractivity contribution >= 4 is 33.2 Å². The van der Waals surface area contributed by atoms with Gasteiger partial charge in [0.05, 0.1) is 5.75 Å². The van der Waals surface area contributed by atoms with Crippen LogP contribution >= 0.6 is 0 Å². The van der Waals surface area contributed by atoms with Gasteiger partial charge < -0.3 is 10.6 Å². The van der Waals surface area contributed by atoms with Crippen molar-refractivity contribution in [1.29, 1.82) is 0 Å². The van der Waals surface area contributed by atoms with Crippen LogP contribution in [-0.2, 0) is 21.4 Å². The van der Waals surface area contributed by atoms with Crippen molar-refractivity contribution in [2.75, 3.05) is 42.6 Å². The minimum Gasteiger partial charge on any atom is -0.326 e. The monoisotopic (exact) mass is 444 g/mol. The highest BCUT2D eigenvalue weighted by atomic mass is 32.2. The van der Waals surface area contributed by atoms with Crippen LogP contribution in [0.3, 0.4) is 0 Å². The molecule has 1 saturated heterocycles. The molecule has 0 bridgehead atoms. The number of nitrogens with zero attached hydrogens (tertiary/aromatic N) is 2. The molecule has 8 nitrogen and oxygen atoms in total. The van der Waals surface area contributed by atoms with E-state index < -0.39 is 10.0 Å². The van der Waals surface area contributed by atoms with Crippen LogP contribution in [0.25, 0.3) is 0 Å². The lowest BCUT2D eigenvalue weighted by atomic mass is 10.1. The molecule has 1 fully saturated rings. The van der Waals surface area contributed by atoms with Crippen LogP contribution < -0.4 is 10.6 Å². The zero-order valence-electron chi connectivity index (χ0n) is 17.8. The summed E-state index contributed by atoms with van der Waals surface area (Å²) in [6.45, 7) is 6.03. The Balaban J connectivity index is 1.60. The van der Waals surface area contributed by atoms with Crippen molar-refractivity contribution in [3.05, 3.63) is 59.7 Å². The maximum Gasteiger partial charge on any atom is 0.255 e. The van der Waals surface area contributed by atoms with Gasteiger partial charge >= 0.3 is 0 Å². The van der Waals surface area contributed by atoms with Crippen LogP contribution in [0.4, 0.5) is 11.4 Å². The highest BCUT2D eigenvalue weighted by Crippen LogP contribution is 2.17. The van der Waals surface area contributed by atoms with Crippen LogP contribution in [0.2, 0.25) is 0 Å². The van der Waals surface area contributed by atoms with Crippen molar-refractivity contribution in [2.24, 2.45) is 0 Å². The molecule has 1 aliphatic rings. The molecule has 166 valence electrons. The fourth-order valence-corrected chi connectivity index (χ4v) is 4.58. The van der Waals surface area contributed by atoms with Crippen LogP contribution in [-0.4, -0.2) is 61.4 Å². The van der Waals surface area contributed by atoms with Crippen molar-refractivity contribution in [1.82, 2.24) is 9.21 Å². The molecule has 0 radical (unpaired) electrons. The summed E-state index contributed by atoms with van der Waals surface area (Å²) in [7, 11) is -3.14. The van der Waals surface area contributed by atoms with E-state index >= 15 is 0 Å². The molecule has 0 saturated carbocycles. The van der Waals surface area contributed by atoms with Crippen molar-refractivity contribution in [3.8, 4) is 0 Å². The lowest BCUT2D eigenvalue weighted by Crippen LogP contribution is -2.48. The van der Waals surface area contributed by atoms with Crippen LogP contribution in [0.15, 0.2) is 48.5 Å². The maximum absolute atomic E-state index is 12.7. The van der Waals surface area contributed by atoms with E-state index in [1.165, 1.54) is 6.92 Å². The Kier molecular flexibility index (Phi) is 7.42. The predicted molar refractivity (Wildman–Crippen MR) is 121 cm³/mol. The fraction of sp³-hybridized carbons (Fsp3) is 0.364. The van der Waals surface area contributed by atoms with E-state index in [0.717, 1.165) is 5.56 Å². The third-order valence-corrected chi connectivity index (χ3v) is 7.01. The molecule has 0 spiro atoms. The van der Waals surface area contributed by atoms with E-state index in [4.69, 9.17) is 0 Å². The van der Waals surface area contributed by atoms with Crippen LogP contribution in [0, 0.1) is 0 Å². The topological polar surface area (TPSA) is 98.8 Å². The van der Waals surface area contributed by atoms with Gasteiger partial charge in [-0.15, -0.1) is 0 Å². The van der Waals surface area contributed by atoms with Gasteiger partial charge in [-0.25, -0.2) is 8.42 Å². The predicted octanol–water partition coefficient (Wildman–Crippen LogP) is 2.36. The molecule has 0 aromatic heterocycles. The van der Waals surface area contributed by atoms with Gasteiger partial charge in [0.2, 0.25) is 15.9 Å². The molecule has 0 aliphatic carbocycles. The summed E-state index contributed by atoms with van der Waals surface area (Å²) < 4.78 is 25.6. The average molecular weight is 445 g/mol. The molecule has 2 aromatic rings. The fourth-order valence-electron chi connectivity index (χ4n) is 3.50. The standard InChI is InChI=1S/C22H28N4O4S/c1-3-31(29,30)26-12-10-25(11-13-26)16-18-6-4-7-19(14-18)22(28)24-21-9-5-8-20(15-21)23-17(2)27/h4-9,14-15H,3,10-13,16H2,1-2H3,(H,23,27)(H,24,28). The molecule has 0 atom stereocenters. The van der Waals surface area contributed by atoms with Crippen molar-refractivity contribution in [3.63, 3.8) is 0 Å². The van der Waals surface area contributed by atoms with E-state index in [1.807, 2.05) is 18.2 Å². The first-order valence-electron chi connectivity index (χ1n) is 10.2. The minimum atomic E-state index is -3.14. The van der Waals surface area contributed by atoms with E-state index in [2.05, 4.69) is 15.5 Å². The van der Waals surface area contributed by atoms with Gasteiger partial charge in [-0.05, 0) is 42.8 Å². The number of sulfonamides is 1. The molecule has 3 rings (SSSR count). The zero-order valence-corrected chi connectivity index (χ0v) is 18.6. The Labute approximate surface area is 183 Å². The number of nitrogens with one attached hydrogen (secondary N) is 2. The molecule has 1 heterocycles. The molecule has 0 unspecified atom stereocenters. The molecule has 2 aromatic carbocycles. The Hall–Kier alpha value is -2.75. The lowest BCUT2D eigenvalue weighted by Gasteiger charge is -2.33. The van der Waals surface area contributed by atoms with Gasteiger partial charge in [0.25, 0.3) is 5.91 Å². The van der Waals surface area contributed by atoms with E-state index in [1.54, 1.807) is 41.6 Å². The molecular formula is C22H28N4O4S. The molecule has 2 N–H and O–H groups in total. The summed E-state index contributed by atoms with van der Waals surface area (Å²) in [6.07, 6.45) is 0. The molecule has 31 heavy (non-hydrogen) atoms. The number of benzene rings is 2. The van der Waals surface area contributed by atoms with E-state index in [-0.39, 0.29) is 17.6 Å². The number of carbonyl (C=O) groups excluding carboxylic acids is 2. The first-order valence-corrected chi connectivity index (χ1v) is 11.9. The Morgan fingerprint density at radius 1 is 0.935 bits per heavy atom. The normalized spacial score (nSPS) is 15.4. The molecule has 1 aliphatic heterocycles. The number of amides is 2. The second kappa shape index (κ2) is 10.0. The minimum absolute atomic E-state index is 0.123. The van der Waals surface area contributed by atoms with Crippen molar-refractivity contribution < 1.29 is 18.0 Å². The summed E-state index contributed by atoms with van der Waals surface area (Å²) in [6, 6.07) is 14.4. The van der Waals surface area contributed by atoms with Crippen LogP contribution in [0.5, 0.6) is 0 Å². The molecule has 2 amide bonds. The first-order chi connectivity index (χ1) is 14.8. The Morgan fingerprint density at radius 3 is 2.23 bits per heavy atom. The number of carbonyl (C=O) groups is 2. The third-order valence-electron chi connectivity index (χ3n) is 5.13. The van der Waals surface area contributed by atoms with Crippen molar-refractivity contribution in [2.45, 2.75) is 20.4 Å². The summed E-state index contributed by atoms with van der Waals surface area (Å²) in [5.41, 5.74) is 2.74. The average Bonchev–Trinajstić information content (AvgIpc) is 2.74. The zero-order chi connectivity index (χ0) is 22.4. The van der Waals surface area contributed by atoms with Gasteiger partial charge in [0.1, 0.15) is 0 Å². The number of piperazine rings is 1. The largest absolute Gasteiger partial charge is 0.326 e. The maximum atomic E-state index is 12.7. The number of hydrogen-bond acceptors (Lipinski definition) is 5. The quantitative estimate of drug-likeness (QED) is 0.683. The SMILES string of the molecule is CCS(=O)(=O)N1CCN(Cc2cccc(C(=O)Nc3cccc(NC(C)=O)c3)c2)CC1. The highest BCUT2D eigenvalue weighted by molar-refractivity contribution is 7.89. The van der Waals surface area contributed by atoms with Gasteiger partial charge in [-0.2, -0.15) is 4.31 Å². The number of hydrogen-bond donors (Lipinski definition) is 2. The third kappa shape index (κ3) is 6.36. The van der Waals surface area contributed by atoms with Gasteiger partial charge in [0, 0.05) is 56.6 Å². The van der Waals surface area contributed by atoms with Gasteiger partial charge in [0.15, 0.2) is 0 Å². The van der Waals surface area contributed by atoms with E-state index in [0.29, 0.717) is 49.7 Å². The molecular weight excluding hydrogens is 416 g/mol. The Morgan fingerprint density at radius 2 is 1.58 bits per heavy atom. The summed E-state index contributed by atoms with van der Waals surface area (Å²) >= 11 is 0. The Bertz CT molecular complexity index is 1050. The first kappa shape index (κ1) is 22.9. The highest BCUT2D eigenvalue weighted by Gasteiger charge is 2.25. The summed E-state index contributed by atoms with van der Waals surface area (Å²) in [5.74, 6) is -0.289. The number of rotatable bonds is 7. The van der Waals surface area contributed by atoms with Gasteiger partial charge in [-0.1, -0.05) is 18.2 Å². The second-order valence-electron chi connectivity index (χ2n) is 7.49. The summed E-state index contributed by atoms with van der Waals surface area (Å²) in [5, 5.41) is 5.55. The summed E-state index contributed by atoms with van der Waals surface area (Å²) in [4.78, 5) is 26.1. The number of anilines is 2. The second-order valence-corrected chi connectivity index (χ2v) is 9.75.